The summed E-state index contributed by atoms with van der Waals surface area (Å²) in [4.78, 5) is 29.4. The van der Waals surface area contributed by atoms with Gasteiger partial charge in [0.1, 0.15) is 11.2 Å². The monoisotopic (exact) mass is 706 g/mol. The molecule has 0 radical (unpaired) electrons. The molecule has 0 aliphatic heterocycles. The topological polar surface area (TPSA) is 90.5 Å². The van der Waals surface area contributed by atoms with Gasteiger partial charge in [-0.15, -0.1) is 0 Å². The highest BCUT2D eigenvalue weighted by Crippen LogP contribution is 2.38. The molecule has 0 aliphatic rings. The van der Waals surface area contributed by atoms with Gasteiger partial charge in [0.15, 0.2) is 34.9 Å². The third kappa shape index (κ3) is 6.19. The Balaban J connectivity index is 1.03. The van der Waals surface area contributed by atoms with Crippen LogP contribution >= 0.6 is 0 Å². The molecule has 0 unspecified atom stereocenters. The predicted molar refractivity (Wildman–Crippen MR) is 219 cm³/mol. The minimum Gasteiger partial charge on any atom is -0.455 e. The van der Waals surface area contributed by atoms with Crippen molar-refractivity contribution in [2.75, 3.05) is 0 Å². The number of hydrogen-bond donors (Lipinski definition) is 0. The van der Waals surface area contributed by atoms with Crippen molar-refractivity contribution in [3.63, 3.8) is 0 Å². The number of benzene rings is 7. The van der Waals surface area contributed by atoms with Gasteiger partial charge in [0.25, 0.3) is 0 Å². The molecule has 0 bridgehead atoms. The highest BCUT2D eigenvalue weighted by atomic mass is 16.3. The zero-order valence-electron chi connectivity index (χ0n) is 29.4. The summed E-state index contributed by atoms with van der Waals surface area (Å²) in [5, 5.41) is 2.00. The summed E-state index contributed by atoms with van der Waals surface area (Å²) in [5.41, 5.74) is 9.10. The van der Waals surface area contributed by atoms with Crippen molar-refractivity contribution in [3.8, 4) is 79.5 Å². The SMILES string of the molecule is c1ccc(-c2nc(-c3ccccc3)nc(-c3ccc(-c4cccc5c4oc4ccc(-c6nc(-c7ccccc7)nc(-c7ccccc7)n6)cc45)cc3)n2)cc1. The summed E-state index contributed by atoms with van der Waals surface area (Å²) in [6.45, 7) is 0. The average molecular weight is 707 g/mol. The molecule has 10 rings (SSSR count). The highest BCUT2D eigenvalue weighted by molar-refractivity contribution is 6.10. The van der Waals surface area contributed by atoms with E-state index in [0.29, 0.717) is 34.9 Å². The summed E-state index contributed by atoms with van der Waals surface area (Å²) >= 11 is 0. The Labute approximate surface area is 316 Å². The van der Waals surface area contributed by atoms with E-state index in [0.717, 1.165) is 66.4 Å². The fourth-order valence-corrected chi connectivity index (χ4v) is 6.84. The maximum atomic E-state index is 6.57. The summed E-state index contributed by atoms with van der Waals surface area (Å²) in [7, 11) is 0. The molecule has 0 aliphatic carbocycles. The smallest absolute Gasteiger partial charge is 0.164 e. The number of fused-ring (bicyclic) bond motifs is 3. The summed E-state index contributed by atoms with van der Waals surface area (Å²) < 4.78 is 6.57. The molecular formula is C48H30N6O. The normalized spacial score (nSPS) is 11.3. The molecule has 55 heavy (non-hydrogen) atoms. The van der Waals surface area contributed by atoms with Crippen molar-refractivity contribution in [1.29, 1.82) is 0 Å². The van der Waals surface area contributed by atoms with Gasteiger partial charge in [-0.2, -0.15) is 0 Å². The van der Waals surface area contributed by atoms with Gasteiger partial charge in [0.05, 0.1) is 0 Å². The first-order valence-electron chi connectivity index (χ1n) is 18.0. The van der Waals surface area contributed by atoms with Crippen molar-refractivity contribution in [3.05, 3.63) is 182 Å². The number of nitrogens with zero attached hydrogens (tertiary/aromatic N) is 6. The molecule has 7 heteroatoms. The maximum absolute atomic E-state index is 6.57. The van der Waals surface area contributed by atoms with Gasteiger partial charge in [-0.05, 0) is 23.8 Å². The molecule has 0 saturated carbocycles. The first kappa shape index (κ1) is 32.0. The molecule has 0 saturated heterocycles. The molecule has 3 heterocycles. The highest BCUT2D eigenvalue weighted by Gasteiger charge is 2.17. The van der Waals surface area contributed by atoms with Crippen LogP contribution in [0.4, 0.5) is 0 Å². The van der Waals surface area contributed by atoms with Crippen LogP contribution in [0.1, 0.15) is 0 Å². The summed E-state index contributed by atoms with van der Waals surface area (Å²) in [6.07, 6.45) is 0. The van der Waals surface area contributed by atoms with Crippen LogP contribution in [0.25, 0.3) is 101 Å². The lowest BCUT2D eigenvalue weighted by molar-refractivity contribution is 0.670. The van der Waals surface area contributed by atoms with Gasteiger partial charge in [-0.1, -0.05) is 164 Å². The van der Waals surface area contributed by atoms with Crippen LogP contribution in [0.5, 0.6) is 0 Å². The lowest BCUT2D eigenvalue weighted by atomic mass is 10.0. The zero-order chi connectivity index (χ0) is 36.6. The summed E-state index contributed by atoms with van der Waals surface area (Å²) in [5.74, 6) is 3.71. The predicted octanol–water partition coefficient (Wildman–Crippen LogP) is 11.6. The van der Waals surface area contributed by atoms with E-state index in [-0.39, 0.29) is 0 Å². The third-order valence-corrected chi connectivity index (χ3v) is 9.61. The lowest BCUT2D eigenvalue weighted by Crippen LogP contribution is -2.00. The third-order valence-electron chi connectivity index (χ3n) is 9.61. The quantitative estimate of drug-likeness (QED) is 0.163. The zero-order valence-corrected chi connectivity index (χ0v) is 29.4. The number of hydrogen-bond acceptors (Lipinski definition) is 7. The number of rotatable bonds is 7. The number of para-hydroxylation sites is 1. The Morgan fingerprint density at radius 3 is 1.07 bits per heavy atom. The molecule has 10 aromatic rings. The van der Waals surface area contributed by atoms with Gasteiger partial charge in [-0.25, -0.2) is 29.9 Å². The van der Waals surface area contributed by atoms with Gasteiger partial charge >= 0.3 is 0 Å². The molecular weight excluding hydrogens is 677 g/mol. The second-order valence-electron chi connectivity index (χ2n) is 13.1. The second-order valence-corrected chi connectivity index (χ2v) is 13.1. The van der Waals surface area contributed by atoms with Crippen molar-refractivity contribution in [1.82, 2.24) is 29.9 Å². The molecule has 0 N–H and O–H groups in total. The van der Waals surface area contributed by atoms with Gasteiger partial charge in [0.2, 0.25) is 0 Å². The van der Waals surface area contributed by atoms with E-state index in [4.69, 9.17) is 34.3 Å². The van der Waals surface area contributed by atoms with Gasteiger partial charge in [-0.3, -0.25) is 0 Å². The van der Waals surface area contributed by atoms with Crippen LogP contribution < -0.4 is 0 Å². The van der Waals surface area contributed by atoms with E-state index in [1.165, 1.54) is 0 Å². The van der Waals surface area contributed by atoms with Crippen LogP contribution in [0.2, 0.25) is 0 Å². The maximum Gasteiger partial charge on any atom is 0.164 e. The Morgan fingerprint density at radius 1 is 0.273 bits per heavy atom. The average Bonchev–Trinajstić information content (AvgIpc) is 3.66. The first-order valence-corrected chi connectivity index (χ1v) is 18.0. The van der Waals surface area contributed by atoms with E-state index < -0.39 is 0 Å². The van der Waals surface area contributed by atoms with Crippen molar-refractivity contribution in [2.45, 2.75) is 0 Å². The van der Waals surface area contributed by atoms with E-state index in [1.807, 2.05) is 133 Å². The fourth-order valence-electron chi connectivity index (χ4n) is 6.84. The minimum absolute atomic E-state index is 0.597. The van der Waals surface area contributed by atoms with Crippen LogP contribution in [0, 0.1) is 0 Å². The Hall–Kier alpha value is -7.64. The van der Waals surface area contributed by atoms with Crippen molar-refractivity contribution >= 4 is 21.9 Å². The van der Waals surface area contributed by atoms with Crippen LogP contribution in [-0.2, 0) is 0 Å². The molecule has 258 valence electrons. The largest absolute Gasteiger partial charge is 0.455 e. The van der Waals surface area contributed by atoms with Gasteiger partial charge < -0.3 is 4.42 Å². The summed E-state index contributed by atoms with van der Waals surface area (Å²) in [6, 6.07) is 60.7. The molecule has 0 atom stereocenters. The molecule has 0 spiro atoms. The lowest BCUT2D eigenvalue weighted by Gasteiger charge is -2.09. The fraction of sp³-hybridized carbons (Fsp3) is 0. The molecule has 7 nitrogen and oxygen atoms in total. The van der Waals surface area contributed by atoms with E-state index >= 15 is 0 Å². The Kier molecular flexibility index (Phi) is 8.00. The number of aromatic nitrogens is 6. The van der Waals surface area contributed by atoms with Crippen LogP contribution in [-0.4, -0.2) is 29.9 Å². The van der Waals surface area contributed by atoms with Crippen LogP contribution in [0.15, 0.2) is 186 Å². The first-order chi connectivity index (χ1) is 27.2. The Bertz CT molecular complexity index is 2840. The van der Waals surface area contributed by atoms with E-state index in [9.17, 15) is 0 Å². The molecule has 7 aromatic carbocycles. The Morgan fingerprint density at radius 2 is 0.636 bits per heavy atom. The molecule has 0 fully saturated rings. The second kappa shape index (κ2) is 13.7. The van der Waals surface area contributed by atoms with Crippen molar-refractivity contribution < 1.29 is 4.42 Å². The number of furan rings is 1. The van der Waals surface area contributed by atoms with Gasteiger partial charge in [0, 0.05) is 49.7 Å². The minimum atomic E-state index is 0.597. The molecule has 3 aromatic heterocycles. The van der Waals surface area contributed by atoms with E-state index in [2.05, 4.69) is 48.5 Å². The van der Waals surface area contributed by atoms with Crippen molar-refractivity contribution in [2.24, 2.45) is 0 Å². The molecule has 0 amide bonds. The van der Waals surface area contributed by atoms with E-state index in [1.54, 1.807) is 0 Å². The van der Waals surface area contributed by atoms with Crippen LogP contribution in [0.3, 0.4) is 0 Å². The standard InChI is InChI=1S/C48H30N6O/c1-5-14-32(15-6-1)43-49-44(33-16-7-2-8-17-33)52-47(51-43)36-26-24-31(25-27-36)38-22-13-23-39-40-30-37(28-29-41(40)55-42(38)39)48-53-45(34-18-9-3-10-19-34)50-46(54-48)35-20-11-4-12-21-35/h1-30H.